The normalized spacial score (nSPS) is 21.7. The molecule has 1 unspecified atom stereocenters. The van der Waals surface area contributed by atoms with Gasteiger partial charge in [0.1, 0.15) is 0 Å². The molecule has 0 saturated carbocycles. The number of nitrogens with zero attached hydrogens (tertiary/aromatic N) is 2. The van der Waals surface area contributed by atoms with Gasteiger partial charge in [-0.15, -0.1) is 11.8 Å². The molecule has 0 spiro atoms. The standard InChI is InChI=1S/C22H35N3O2S/c1-2-23-22(24-13-17-28-21-9-4-3-5-10-21)25-14-11-19(12-15-25)27-18-20-8-6-7-16-26-20/h3-5,9-10,19-20H,2,6-8,11-18H2,1H3,(H,23,24). The molecule has 1 atom stereocenters. The summed E-state index contributed by atoms with van der Waals surface area (Å²) in [5.41, 5.74) is 0. The van der Waals surface area contributed by atoms with Gasteiger partial charge in [-0.1, -0.05) is 18.2 Å². The zero-order valence-corrected chi connectivity index (χ0v) is 18.0. The van der Waals surface area contributed by atoms with Crippen molar-refractivity contribution in [3.05, 3.63) is 30.3 Å². The molecule has 0 aromatic heterocycles. The van der Waals surface area contributed by atoms with E-state index < -0.39 is 0 Å². The second-order valence-corrected chi connectivity index (χ2v) is 8.57. The molecule has 1 aromatic rings. The van der Waals surface area contributed by atoms with E-state index >= 15 is 0 Å². The zero-order chi connectivity index (χ0) is 19.4. The van der Waals surface area contributed by atoms with E-state index in [1.54, 1.807) is 0 Å². The Morgan fingerprint density at radius 3 is 2.75 bits per heavy atom. The first-order valence-electron chi connectivity index (χ1n) is 10.8. The molecular weight excluding hydrogens is 370 g/mol. The van der Waals surface area contributed by atoms with Crippen LogP contribution < -0.4 is 5.32 Å². The molecule has 2 heterocycles. The van der Waals surface area contributed by atoms with Crippen molar-refractivity contribution in [1.29, 1.82) is 0 Å². The number of hydrogen-bond donors (Lipinski definition) is 1. The number of thioether (sulfide) groups is 1. The van der Waals surface area contributed by atoms with Crippen LogP contribution in [0.1, 0.15) is 39.0 Å². The van der Waals surface area contributed by atoms with Gasteiger partial charge < -0.3 is 19.7 Å². The molecule has 28 heavy (non-hydrogen) atoms. The van der Waals surface area contributed by atoms with E-state index in [1.165, 1.54) is 17.7 Å². The number of hydrogen-bond acceptors (Lipinski definition) is 4. The first kappa shape index (κ1) is 21.5. The molecule has 0 amide bonds. The van der Waals surface area contributed by atoms with E-state index in [9.17, 15) is 0 Å². The second kappa shape index (κ2) is 12.3. The zero-order valence-electron chi connectivity index (χ0n) is 17.1. The number of nitrogens with one attached hydrogen (secondary N) is 1. The average molecular weight is 406 g/mol. The average Bonchev–Trinajstić information content (AvgIpc) is 2.76. The lowest BCUT2D eigenvalue weighted by atomic mass is 10.1. The Hall–Kier alpha value is -1.24. The van der Waals surface area contributed by atoms with Crippen molar-refractivity contribution in [3.63, 3.8) is 0 Å². The fourth-order valence-corrected chi connectivity index (χ4v) is 4.44. The number of rotatable bonds is 8. The van der Waals surface area contributed by atoms with Crippen molar-refractivity contribution in [1.82, 2.24) is 10.2 Å². The van der Waals surface area contributed by atoms with Crippen molar-refractivity contribution in [2.45, 2.75) is 56.1 Å². The van der Waals surface area contributed by atoms with Crippen LogP contribution in [-0.2, 0) is 9.47 Å². The largest absolute Gasteiger partial charge is 0.376 e. The summed E-state index contributed by atoms with van der Waals surface area (Å²) in [6.45, 7) is 7.54. The maximum absolute atomic E-state index is 6.14. The quantitative estimate of drug-likeness (QED) is 0.309. The van der Waals surface area contributed by atoms with Gasteiger partial charge in [-0.3, -0.25) is 4.99 Å². The maximum Gasteiger partial charge on any atom is 0.193 e. The minimum Gasteiger partial charge on any atom is -0.376 e. The van der Waals surface area contributed by atoms with Gasteiger partial charge in [-0.25, -0.2) is 0 Å². The Bertz CT molecular complexity index is 570. The minimum absolute atomic E-state index is 0.313. The number of likely N-dealkylation sites (tertiary alicyclic amines) is 1. The monoisotopic (exact) mass is 405 g/mol. The lowest BCUT2D eigenvalue weighted by molar-refractivity contribution is -0.0721. The fourth-order valence-electron chi connectivity index (χ4n) is 3.67. The number of guanidine groups is 1. The minimum atomic E-state index is 0.313. The van der Waals surface area contributed by atoms with Crippen LogP contribution in [0.2, 0.25) is 0 Å². The van der Waals surface area contributed by atoms with Gasteiger partial charge in [0.2, 0.25) is 0 Å². The highest BCUT2D eigenvalue weighted by Crippen LogP contribution is 2.19. The number of benzene rings is 1. The predicted octanol–water partition coefficient (Wildman–Crippen LogP) is 3.79. The fraction of sp³-hybridized carbons (Fsp3) is 0.682. The summed E-state index contributed by atoms with van der Waals surface area (Å²) >= 11 is 1.86. The highest BCUT2D eigenvalue weighted by atomic mass is 32.2. The van der Waals surface area contributed by atoms with Crippen molar-refractivity contribution < 1.29 is 9.47 Å². The molecule has 1 N–H and O–H groups in total. The summed E-state index contributed by atoms with van der Waals surface area (Å²) < 4.78 is 11.9. The summed E-state index contributed by atoms with van der Waals surface area (Å²) in [7, 11) is 0. The molecule has 1 aromatic carbocycles. The summed E-state index contributed by atoms with van der Waals surface area (Å²) in [5, 5.41) is 3.46. The first-order chi connectivity index (χ1) is 13.8. The van der Waals surface area contributed by atoms with Crippen LogP contribution in [0.3, 0.4) is 0 Å². The highest BCUT2D eigenvalue weighted by Gasteiger charge is 2.23. The number of aliphatic imine (C=N–C) groups is 1. The number of piperidine rings is 1. The molecule has 0 aliphatic carbocycles. The van der Waals surface area contributed by atoms with Gasteiger partial charge in [-0.2, -0.15) is 0 Å². The van der Waals surface area contributed by atoms with Gasteiger partial charge in [-0.05, 0) is 51.2 Å². The van der Waals surface area contributed by atoms with Crippen molar-refractivity contribution in [3.8, 4) is 0 Å². The highest BCUT2D eigenvalue weighted by molar-refractivity contribution is 7.99. The van der Waals surface area contributed by atoms with Crippen LogP contribution in [0.4, 0.5) is 0 Å². The third kappa shape index (κ3) is 7.30. The second-order valence-electron chi connectivity index (χ2n) is 7.41. The first-order valence-corrected chi connectivity index (χ1v) is 11.8. The van der Waals surface area contributed by atoms with E-state index in [-0.39, 0.29) is 0 Å². The Morgan fingerprint density at radius 1 is 1.21 bits per heavy atom. The summed E-state index contributed by atoms with van der Waals surface area (Å²) in [4.78, 5) is 8.54. The summed E-state index contributed by atoms with van der Waals surface area (Å²) in [6.07, 6.45) is 6.43. The molecule has 0 bridgehead atoms. The maximum atomic E-state index is 6.14. The molecule has 0 radical (unpaired) electrons. The smallest absolute Gasteiger partial charge is 0.193 e. The van der Waals surface area contributed by atoms with Crippen molar-refractivity contribution in [2.24, 2.45) is 4.99 Å². The lowest BCUT2D eigenvalue weighted by Crippen LogP contribution is -2.47. The Kier molecular flexibility index (Phi) is 9.47. The van der Waals surface area contributed by atoms with E-state index in [0.29, 0.717) is 12.2 Å². The molecule has 2 fully saturated rings. The molecule has 3 rings (SSSR count). The Balaban J connectivity index is 1.38. The van der Waals surface area contributed by atoms with Gasteiger partial charge >= 0.3 is 0 Å². The third-order valence-electron chi connectivity index (χ3n) is 5.23. The number of ether oxygens (including phenoxy) is 2. The van der Waals surface area contributed by atoms with Gasteiger partial charge in [0, 0.05) is 36.9 Å². The molecule has 2 aliphatic heterocycles. The molecule has 2 saturated heterocycles. The van der Waals surface area contributed by atoms with E-state index in [1.807, 2.05) is 11.8 Å². The summed E-state index contributed by atoms with van der Waals surface area (Å²) in [5.74, 6) is 2.05. The third-order valence-corrected chi connectivity index (χ3v) is 6.23. The van der Waals surface area contributed by atoms with Gasteiger partial charge in [0.15, 0.2) is 5.96 Å². The summed E-state index contributed by atoms with van der Waals surface area (Å²) in [6, 6.07) is 10.5. The lowest BCUT2D eigenvalue weighted by Gasteiger charge is -2.35. The van der Waals surface area contributed by atoms with Crippen molar-refractivity contribution in [2.75, 3.05) is 45.1 Å². The molecule has 2 aliphatic rings. The van der Waals surface area contributed by atoms with E-state index in [2.05, 4.69) is 47.5 Å². The topological polar surface area (TPSA) is 46.1 Å². The van der Waals surface area contributed by atoms with Crippen LogP contribution in [0, 0.1) is 0 Å². The van der Waals surface area contributed by atoms with Crippen LogP contribution in [0.15, 0.2) is 40.2 Å². The van der Waals surface area contributed by atoms with E-state index in [0.717, 1.165) is 70.4 Å². The van der Waals surface area contributed by atoms with Gasteiger partial charge in [0.05, 0.1) is 25.4 Å². The molecule has 5 nitrogen and oxygen atoms in total. The Morgan fingerprint density at radius 2 is 2.04 bits per heavy atom. The SMILES string of the molecule is CCNC(=NCCSc1ccccc1)N1CCC(OCC2CCCCO2)CC1. The van der Waals surface area contributed by atoms with Gasteiger partial charge in [0.25, 0.3) is 0 Å². The Labute approximate surface area is 174 Å². The van der Waals surface area contributed by atoms with Crippen LogP contribution in [0.25, 0.3) is 0 Å². The van der Waals surface area contributed by atoms with Crippen LogP contribution in [-0.4, -0.2) is 68.2 Å². The predicted molar refractivity (Wildman–Crippen MR) is 117 cm³/mol. The van der Waals surface area contributed by atoms with Crippen molar-refractivity contribution >= 4 is 17.7 Å². The molecule has 6 heteroatoms. The van der Waals surface area contributed by atoms with E-state index in [4.69, 9.17) is 14.5 Å². The van der Waals surface area contributed by atoms with Crippen LogP contribution in [0.5, 0.6) is 0 Å². The molecular formula is C22H35N3O2S. The van der Waals surface area contributed by atoms with Crippen LogP contribution >= 0.6 is 11.8 Å². The molecule has 156 valence electrons.